The normalized spacial score (nSPS) is 21.0. The highest BCUT2D eigenvalue weighted by Gasteiger charge is 2.30. The van der Waals surface area contributed by atoms with Crippen molar-refractivity contribution in [2.75, 3.05) is 13.1 Å². The van der Waals surface area contributed by atoms with Crippen LogP contribution in [0.3, 0.4) is 0 Å². The van der Waals surface area contributed by atoms with Crippen molar-refractivity contribution in [1.29, 1.82) is 0 Å². The third-order valence-corrected chi connectivity index (χ3v) is 6.98. The lowest BCUT2D eigenvalue weighted by atomic mass is 10.1. The van der Waals surface area contributed by atoms with Crippen LogP contribution in [0, 0.1) is 0 Å². The number of carbonyl (C=O) groups is 1. The monoisotopic (exact) mass is 463 g/mol. The maximum atomic E-state index is 13.0. The van der Waals surface area contributed by atoms with Crippen molar-refractivity contribution < 1.29 is 17.9 Å². The molecule has 2 aliphatic rings. The fraction of sp³-hybridized carbons (Fsp3) is 0.409. The van der Waals surface area contributed by atoms with Gasteiger partial charge in [-0.2, -0.15) is 0 Å². The summed E-state index contributed by atoms with van der Waals surface area (Å²) in [7, 11) is -3.93. The van der Waals surface area contributed by atoms with E-state index in [2.05, 4.69) is 10.2 Å². The Balaban J connectivity index is 1.47. The van der Waals surface area contributed by atoms with Crippen LogP contribution in [0.1, 0.15) is 41.3 Å². The van der Waals surface area contributed by atoms with Gasteiger partial charge in [-0.3, -0.25) is 9.69 Å². The molecule has 0 bridgehead atoms. The number of ether oxygens (including phenoxy) is 1. The fourth-order valence-electron chi connectivity index (χ4n) is 4.30. The molecule has 0 saturated carbocycles. The molecule has 0 aliphatic carbocycles. The second-order valence-corrected chi connectivity index (χ2v) is 10.2. The lowest BCUT2D eigenvalue weighted by Crippen LogP contribution is -2.40. The van der Waals surface area contributed by atoms with Crippen molar-refractivity contribution in [2.24, 2.45) is 5.14 Å². The minimum absolute atomic E-state index is 0.0701. The average molecular weight is 464 g/mol. The summed E-state index contributed by atoms with van der Waals surface area (Å²) in [6.07, 6.45) is 2.46. The predicted octanol–water partition coefficient (Wildman–Crippen LogP) is 2.71. The molecule has 2 aromatic rings. The Hall–Kier alpha value is -2.13. The molecule has 1 fully saturated rings. The molecule has 2 atom stereocenters. The Labute approximate surface area is 187 Å². The van der Waals surface area contributed by atoms with Gasteiger partial charge in [-0.05, 0) is 61.7 Å². The molecule has 166 valence electrons. The van der Waals surface area contributed by atoms with E-state index >= 15 is 0 Å². The summed E-state index contributed by atoms with van der Waals surface area (Å²) in [5.74, 6) is 0.0936. The summed E-state index contributed by atoms with van der Waals surface area (Å²) in [5, 5.41) is 8.99. The summed E-state index contributed by atoms with van der Waals surface area (Å²) in [6, 6.07) is 10.8. The van der Waals surface area contributed by atoms with Crippen molar-refractivity contribution in [2.45, 2.75) is 49.8 Å². The predicted molar refractivity (Wildman–Crippen MR) is 119 cm³/mol. The quantitative estimate of drug-likeness (QED) is 0.685. The maximum Gasteiger partial charge on any atom is 0.255 e. The van der Waals surface area contributed by atoms with E-state index in [1.807, 2.05) is 31.2 Å². The van der Waals surface area contributed by atoms with E-state index < -0.39 is 10.0 Å². The molecular weight excluding hydrogens is 438 g/mol. The number of benzene rings is 2. The van der Waals surface area contributed by atoms with Gasteiger partial charge in [0.2, 0.25) is 10.0 Å². The van der Waals surface area contributed by atoms with Crippen molar-refractivity contribution >= 4 is 27.5 Å². The summed E-state index contributed by atoms with van der Waals surface area (Å²) in [4.78, 5) is 15.3. The SMILES string of the molecule is CC1Cc2cc(S(N)(=O)=O)cc(C(=O)NCC3CCCN3Cc3ccc(Cl)cc3)c2O1. The first-order valence-electron chi connectivity index (χ1n) is 10.3. The molecule has 9 heteroatoms. The van der Waals surface area contributed by atoms with Crippen LogP contribution >= 0.6 is 11.6 Å². The number of sulfonamides is 1. The summed E-state index contributed by atoms with van der Waals surface area (Å²) in [5.41, 5.74) is 2.08. The van der Waals surface area contributed by atoms with Crippen molar-refractivity contribution in [3.05, 3.63) is 58.1 Å². The topological polar surface area (TPSA) is 102 Å². The maximum absolute atomic E-state index is 13.0. The molecule has 4 rings (SSSR count). The first-order valence-corrected chi connectivity index (χ1v) is 12.3. The van der Waals surface area contributed by atoms with Gasteiger partial charge in [0.05, 0.1) is 10.5 Å². The number of nitrogens with zero attached hydrogens (tertiary/aromatic N) is 1. The highest BCUT2D eigenvalue weighted by Crippen LogP contribution is 2.35. The van der Waals surface area contributed by atoms with Crippen LogP contribution in [0.5, 0.6) is 5.75 Å². The molecule has 2 heterocycles. The highest BCUT2D eigenvalue weighted by molar-refractivity contribution is 7.89. The van der Waals surface area contributed by atoms with E-state index in [9.17, 15) is 13.2 Å². The van der Waals surface area contributed by atoms with Crippen LogP contribution in [-0.2, 0) is 23.0 Å². The van der Waals surface area contributed by atoms with Crippen molar-refractivity contribution in [3.8, 4) is 5.75 Å². The van der Waals surface area contributed by atoms with Gasteiger partial charge in [0, 0.05) is 30.6 Å². The number of primary sulfonamides is 1. The van der Waals surface area contributed by atoms with Gasteiger partial charge in [-0.25, -0.2) is 13.6 Å². The number of likely N-dealkylation sites (tertiary alicyclic amines) is 1. The molecule has 0 radical (unpaired) electrons. The second kappa shape index (κ2) is 8.78. The second-order valence-electron chi connectivity index (χ2n) is 8.24. The minimum Gasteiger partial charge on any atom is -0.489 e. The van der Waals surface area contributed by atoms with E-state index in [1.54, 1.807) is 0 Å². The highest BCUT2D eigenvalue weighted by atomic mass is 35.5. The largest absolute Gasteiger partial charge is 0.489 e. The molecule has 0 spiro atoms. The number of rotatable bonds is 6. The van der Waals surface area contributed by atoms with Gasteiger partial charge in [0.15, 0.2) is 0 Å². The van der Waals surface area contributed by atoms with Gasteiger partial charge in [0.1, 0.15) is 11.9 Å². The first-order chi connectivity index (χ1) is 14.7. The Kier molecular flexibility index (Phi) is 6.25. The molecule has 7 nitrogen and oxygen atoms in total. The van der Waals surface area contributed by atoms with Crippen LogP contribution in [0.15, 0.2) is 41.3 Å². The zero-order valence-corrected chi connectivity index (χ0v) is 18.9. The van der Waals surface area contributed by atoms with E-state index in [0.717, 1.165) is 25.9 Å². The number of nitrogens with one attached hydrogen (secondary N) is 1. The average Bonchev–Trinajstić information content (AvgIpc) is 3.31. The summed E-state index contributed by atoms with van der Waals surface area (Å²) >= 11 is 5.97. The van der Waals surface area contributed by atoms with Crippen LogP contribution in [0.4, 0.5) is 0 Å². The number of nitrogens with two attached hydrogens (primary N) is 1. The van der Waals surface area contributed by atoms with E-state index in [1.165, 1.54) is 17.7 Å². The van der Waals surface area contributed by atoms with Gasteiger partial charge >= 0.3 is 0 Å². The standard InChI is InChI=1S/C22H26ClN3O4S/c1-14-9-16-10-19(31(24,28)29)11-20(21(16)30-14)22(27)25-12-18-3-2-8-26(18)13-15-4-6-17(23)7-5-15/h4-7,10-11,14,18H,2-3,8-9,12-13H2,1H3,(H,25,27)(H2,24,28,29). The zero-order valence-electron chi connectivity index (χ0n) is 17.3. The molecule has 1 amide bonds. The lowest BCUT2D eigenvalue weighted by Gasteiger charge is -2.25. The third-order valence-electron chi connectivity index (χ3n) is 5.84. The number of fused-ring (bicyclic) bond motifs is 1. The summed E-state index contributed by atoms with van der Waals surface area (Å²) in [6.45, 7) is 4.09. The number of amides is 1. The first kappa shape index (κ1) is 22.1. The Bertz CT molecular complexity index is 1090. The lowest BCUT2D eigenvalue weighted by molar-refractivity contribution is 0.0935. The minimum atomic E-state index is -3.93. The molecule has 31 heavy (non-hydrogen) atoms. The van der Waals surface area contributed by atoms with E-state index in [-0.39, 0.29) is 28.5 Å². The Morgan fingerprint density at radius 3 is 2.74 bits per heavy atom. The molecule has 1 saturated heterocycles. The van der Waals surface area contributed by atoms with Gasteiger partial charge in [0.25, 0.3) is 5.91 Å². The zero-order chi connectivity index (χ0) is 22.2. The van der Waals surface area contributed by atoms with Gasteiger partial charge in [-0.15, -0.1) is 0 Å². The molecule has 2 aliphatic heterocycles. The Morgan fingerprint density at radius 1 is 1.29 bits per heavy atom. The Morgan fingerprint density at radius 2 is 2.03 bits per heavy atom. The van der Waals surface area contributed by atoms with Crippen LogP contribution in [0.2, 0.25) is 5.02 Å². The van der Waals surface area contributed by atoms with Crippen molar-refractivity contribution in [1.82, 2.24) is 10.2 Å². The molecule has 0 aromatic heterocycles. The number of hydrogen-bond donors (Lipinski definition) is 2. The fourth-order valence-corrected chi connectivity index (χ4v) is 5.02. The molecular formula is C22H26ClN3O4S. The van der Waals surface area contributed by atoms with Crippen molar-refractivity contribution in [3.63, 3.8) is 0 Å². The molecule has 3 N–H and O–H groups in total. The van der Waals surface area contributed by atoms with Crippen LogP contribution in [-0.4, -0.2) is 44.5 Å². The number of hydrogen-bond acceptors (Lipinski definition) is 5. The van der Waals surface area contributed by atoms with Crippen LogP contribution < -0.4 is 15.2 Å². The summed E-state index contributed by atoms with van der Waals surface area (Å²) < 4.78 is 29.6. The van der Waals surface area contributed by atoms with Gasteiger partial charge < -0.3 is 10.1 Å². The molecule has 2 unspecified atom stereocenters. The third kappa shape index (κ3) is 5.03. The number of carbonyl (C=O) groups excluding carboxylic acids is 1. The number of halogens is 1. The molecule has 2 aromatic carbocycles. The smallest absolute Gasteiger partial charge is 0.255 e. The van der Waals surface area contributed by atoms with E-state index in [0.29, 0.717) is 29.3 Å². The van der Waals surface area contributed by atoms with E-state index in [4.69, 9.17) is 21.5 Å². The van der Waals surface area contributed by atoms with Crippen LogP contribution in [0.25, 0.3) is 0 Å². The van der Waals surface area contributed by atoms with Gasteiger partial charge in [-0.1, -0.05) is 23.7 Å².